The highest BCUT2D eigenvalue weighted by atomic mass is 16.5. The molecule has 1 aliphatic rings. The molecule has 1 aromatic carbocycles. The molecular formula is C28H30N6O2. The van der Waals surface area contributed by atoms with E-state index >= 15 is 0 Å². The number of ether oxygens (including phenoxy) is 1. The van der Waals surface area contributed by atoms with Crippen molar-refractivity contribution in [3.05, 3.63) is 102 Å². The number of hydrogen-bond acceptors (Lipinski definition) is 7. The molecule has 2 aromatic heterocycles. The number of benzene rings is 1. The number of pyridine rings is 2. The minimum Gasteiger partial charge on any atom is -0.385 e. The van der Waals surface area contributed by atoms with E-state index in [1.807, 2.05) is 48.5 Å². The summed E-state index contributed by atoms with van der Waals surface area (Å²) in [6.45, 7) is 4.85. The van der Waals surface area contributed by atoms with Crippen LogP contribution in [0.3, 0.4) is 0 Å². The number of carbonyl (C=O) groups excluding carboxylic acids is 1. The smallest absolute Gasteiger partial charge is 0.248 e. The Hall–Kier alpha value is -4.14. The van der Waals surface area contributed by atoms with Crippen LogP contribution in [0.15, 0.2) is 79.4 Å². The average molecular weight is 483 g/mol. The summed E-state index contributed by atoms with van der Waals surface area (Å²) in [5.74, 6) is -0.237. The van der Waals surface area contributed by atoms with E-state index in [1.54, 1.807) is 30.9 Å². The average Bonchev–Trinajstić information content (AvgIpc) is 2.92. The molecule has 0 bridgehead atoms. The molecule has 184 valence electrons. The normalized spacial score (nSPS) is 14.5. The van der Waals surface area contributed by atoms with Crippen LogP contribution in [0.25, 0.3) is 11.6 Å². The molecule has 0 unspecified atom stereocenters. The van der Waals surface area contributed by atoms with Gasteiger partial charge in [0.1, 0.15) is 0 Å². The Bertz CT molecular complexity index is 1200. The Kier molecular flexibility index (Phi) is 9.07. The Morgan fingerprint density at radius 3 is 2.67 bits per heavy atom. The largest absolute Gasteiger partial charge is 0.385 e. The van der Waals surface area contributed by atoms with E-state index in [1.165, 1.54) is 17.9 Å². The molecule has 36 heavy (non-hydrogen) atoms. The third-order valence-corrected chi connectivity index (χ3v) is 5.73. The van der Waals surface area contributed by atoms with Gasteiger partial charge in [-0.3, -0.25) is 19.7 Å². The molecule has 4 rings (SSSR count). The van der Waals surface area contributed by atoms with Crippen molar-refractivity contribution in [3.63, 3.8) is 0 Å². The molecule has 0 radical (unpaired) electrons. The second-order valence-corrected chi connectivity index (χ2v) is 8.32. The molecule has 8 nitrogen and oxygen atoms in total. The summed E-state index contributed by atoms with van der Waals surface area (Å²) < 4.78 is 5.40. The van der Waals surface area contributed by atoms with Gasteiger partial charge in [0.05, 0.1) is 25.5 Å². The van der Waals surface area contributed by atoms with E-state index in [-0.39, 0.29) is 5.91 Å². The van der Waals surface area contributed by atoms with Gasteiger partial charge in [-0.05, 0) is 47.5 Å². The molecule has 0 aliphatic carbocycles. The highest BCUT2D eigenvalue weighted by Crippen LogP contribution is 2.18. The van der Waals surface area contributed by atoms with Crippen LogP contribution >= 0.6 is 0 Å². The van der Waals surface area contributed by atoms with Crippen LogP contribution in [0.4, 0.5) is 5.69 Å². The molecule has 1 saturated heterocycles. The van der Waals surface area contributed by atoms with Gasteiger partial charge in [0.2, 0.25) is 5.91 Å². The van der Waals surface area contributed by atoms with E-state index < -0.39 is 0 Å². The number of carbonyl (C=O) groups is 1. The van der Waals surface area contributed by atoms with Crippen molar-refractivity contribution in [3.8, 4) is 0 Å². The molecule has 3 N–H and O–H groups in total. The Balaban J connectivity index is 1.36. The first kappa shape index (κ1) is 25.0. The van der Waals surface area contributed by atoms with Crippen LogP contribution in [0.2, 0.25) is 0 Å². The molecule has 8 heteroatoms. The van der Waals surface area contributed by atoms with Gasteiger partial charge >= 0.3 is 0 Å². The van der Waals surface area contributed by atoms with Gasteiger partial charge in [-0.15, -0.1) is 0 Å². The van der Waals surface area contributed by atoms with Crippen LogP contribution in [0.1, 0.15) is 22.4 Å². The van der Waals surface area contributed by atoms with Crippen molar-refractivity contribution in [2.24, 2.45) is 0 Å². The molecule has 3 aromatic rings. The van der Waals surface area contributed by atoms with Gasteiger partial charge in [0.15, 0.2) is 0 Å². The maximum Gasteiger partial charge on any atom is 0.248 e. The van der Waals surface area contributed by atoms with Crippen LogP contribution in [0, 0.1) is 5.41 Å². The fourth-order valence-corrected chi connectivity index (χ4v) is 3.83. The summed E-state index contributed by atoms with van der Waals surface area (Å²) in [4.78, 5) is 23.4. The predicted octanol–water partition coefficient (Wildman–Crippen LogP) is 3.74. The molecule has 0 atom stereocenters. The minimum absolute atomic E-state index is 0.237. The SMILES string of the molecule is N=C/C(=C\NCc1ccccn1)c1ccncc1/C=C/C(=O)Nc1ccc(CN2CCOCC2)cc1. The van der Waals surface area contributed by atoms with Crippen molar-refractivity contribution in [1.29, 1.82) is 5.41 Å². The lowest BCUT2D eigenvalue weighted by Gasteiger charge is -2.26. The summed E-state index contributed by atoms with van der Waals surface area (Å²) in [7, 11) is 0. The number of allylic oxidation sites excluding steroid dienone is 1. The highest BCUT2D eigenvalue weighted by Gasteiger charge is 2.10. The number of amides is 1. The Labute approximate surface area is 211 Å². The molecule has 3 heterocycles. The van der Waals surface area contributed by atoms with Gasteiger partial charge in [0, 0.05) is 73.5 Å². The quantitative estimate of drug-likeness (QED) is 0.301. The molecule has 0 spiro atoms. The van der Waals surface area contributed by atoms with Crippen LogP contribution in [0.5, 0.6) is 0 Å². The maximum atomic E-state index is 12.5. The number of anilines is 1. The van der Waals surface area contributed by atoms with Crippen molar-refractivity contribution in [2.45, 2.75) is 13.1 Å². The number of aromatic nitrogens is 2. The zero-order valence-corrected chi connectivity index (χ0v) is 20.1. The Morgan fingerprint density at radius 1 is 1.08 bits per heavy atom. The van der Waals surface area contributed by atoms with Crippen molar-refractivity contribution >= 4 is 29.5 Å². The van der Waals surface area contributed by atoms with Gasteiger partial charge in [0.25, 0.3) is 0 Å². The van der Waals surface area contributed by atoms with Gasteiger partial charge in [-0.25, -0.2) is 0 Å². The van der Waals surface area contributed by atoms with E-state index in [4.69, 9.17) is 10.1 Å². The fourth-order valence-electron chi connectivity index (χ4n) is 3.83. The van der Waals surface area contributed by atoms with Crippen molar-refractivity contribution in [2.75, 3.05) is 31.6 Å². The van der Waals surface area contributed by atoms with E-state index in [9.17, 15) is 4.79 Å². The minimum atomic E-state index is -0.237. The highest BCUT2D eigenvalue weighted by molar-refractivity contribution is 6.10. The Morgan fingerprint density at radius 2 is 1.92 bits per heavy atom. The van der Waals surface area contributed by atoms with Crippen LogP contribution < -0.4 is 10.6 Å². The molecule has 1 fully saturated rings. The molecule has 1 aliphatic heterocycles. The summed E-state index contributed by atoms with van der Waals surface area (Å²) in [6.07, 6.45) is 11.3. The second kappa shape index (κ2) is 13.1. The lowest BCUT2D eigenvalue weighted by molar-refractivity contribution is -0.111. The zero-order chi connectivity index (χ0) is 25.0. The first-order valence-electron chi connectivity index (χ1n) is 11.9. The lowest BCUT2D eigenvalue weighted by atomic mass is 10.0. The van der Waals surface area contributed by atoms with E-state index in [0.29, 0.717) is 12.1 Å². The van der Waals surface area contributed by atoms with Crippen LogP contribution in [-0.4, -0.2) is 53.3 Å². The molecule has 0 saturated carbocycles. The number of nitrogens with zero attached hydrogens (tertiary/aromatic N) is 3. The number of hydrogen-bond donors (Lipinski definition) is 3. The zero-order valence-electron chi connectivity index (χ0n) is 20.1. The number of nitrogens with one attached hydrogen (secondary N) is 3. The van der Waals surface area contributed by atoms with E-state index in [0.717, 1.165) is 55.4 Å². The van der Waals surface area contributed by atoms with Crippen molar-refractivity contribution < 1.29 is 9.53 Å². The summed E-state index contributed by atoms with van der Waals surface area (Å²) in [5, 5.41) is 14.0. The summed E-state index contributed by atoms with van der Waals surface area (Å²) in [5.41, 5.74) is 5.05. The monoisotopic (exact) mass is 482 g/mol. The van der Waals surface area contributed by atoms with Gasteiger partial charge < -0.3 is 20.8 Å². The topological polar surface area (TPSA) is 103 Å². The van der Waals surface area contributed by atoms with Crippen molar-refractivity contribution in [1.82, 2.24) is 20.2 Å². The second-order valence-electron chi connectivity index (χ2n) is 8.32. The fraction of sp³-hybridized carbons (Fsp3) is 0.214. The number of morpholine rings is 1. The summed E-state index contributed by atoms with van der Waals surface area (Å²) >= 11 is 0. The maximum absolute atomic E-state index is 12.5. The van der Waals surface area contributed by atoms with Gasteiger partial charge in [-0.2, -0.15) is 0 Å². The lowest BCUT2D eigenvalue weighted by Crippen LogP contribution is -2.35. The molecular weight excluding hydrogens is 452 g/mol. The van der Waals surface area contributed by atoms with E-state index in [2.05, 4.69) is 25.5 Å². The number of rotatable bonds is 10. The third-order valence-electron chi connectivity index (χ3n) is 5.73. The first-order valence-corrected chi connectivity index (χ1v) is 11.9. The van der Waals surface area contributed by atoms with Crippen LogP contribution in [-0.2, 0) is 22.6 Å². The predicted molar refractivity (Wildman–Crippen MR) is 142 cm³/mol. The summed E-state index contributed by atoms with van der Waals surface area (Å²) in [6, 6.07) is 15.5. The first-order chi connectivity index (χ1) is 17.7. The standard InChI is InChI=1S/C28H30N6O2/c29-17-24(19-31-20-26-3-1-2-11-32-26)27-10-12-30-18-23(27)6-9-28(35)33-25-7-4-22(5-8-25)21-34-13-15-36-16-14-34/h1-12,17-19,29,31H,13-16,20-21H2,(H,33,35)/b9-6+,24-19+,29-17?. The third kappa shape index (κ3) is 7.43. The van der Waals surface area contributed by atoms with Gasteiger partial charge in [-0.1, -0.05) is 18.2 Å². The molecule has 1 amide bonds.